The molecule has 0 bridgehead atoms. The lowest BCUT2D eigenvalue weighted by atomic mass is 10.1. The first-order valence-corrected chi connectivity index (χ1v) is 9.82. The Morgan fingerprint density at radius 1 is 1.12 bits per heavy atom. The van der Waals surface area contributed by atoms with Crippen LogP contribution in [0.25, 0.3) is 0 Å². The SMILES string of the molecule is Cc1ccccc1Cn1nc(C)c(S(=O)(=O)N(C)Cc2ccco2)c1C. The van der Waals surface area contributed by atoms with Crippen LogP contribution in [0, 0.1) is 20.8 Å². The highest BCUT2D eigenvalue weighted by Crippen LogP contribution is 2.25. The molecule has 0 saturated heterocycles. The van der Waals surface area contributed by atoms with Crippen molar-refractivity contribution in [2.45, 2.75) is 38.8 Å². The van der Waals surface area contributed by atoms with Crippen LogP contribution in [0.2, 0.25) is 0 Å². The van der Waals surface area contributed by atoms with Crippen LogP contribution in [-0.4, -0.2) is 29.6 Å². The second kappa shape index (κ2) is 7.09. The van der Waals surface area contributed by atoms with Crippen molar-refractivity contribution in [3.05, 3.63) is 70.9 Å². The molecular formula is C19H23N3O3S. The van der Waals surface area contributed by atoms with Gasteiger partial charge in [0.05, 0.1) is 30.7 Å². The molecular weight excluding hydrogens is 350 g/mol. The fourth-order valence-corrected chi connectivity index (χ4v) is 4.52. The third-order valence-corrected chi connectivity index (χ3v) is 6.58. The van der Waals surface area contributed by atoms with Crippen molar-refractivity contribution in [3.63, 3.8) is 0 Å². The molecule has 0 saturated carbocycles. The molecule has 0 aliphatic rings. The fraction of sp³-hybridized carbons (Fsp3) is 0.316. The van der Waals surface area contributed by atoms with E-state index < -0.39 is 10.0 Å². The molecule has 0 aliphatic carbocycles. The van der Waals surface area contributed by atoms with E-state index in [-0.39, 0.29) is 11.4 Å². The van der Waals surface area contributed by atoms with Crippen molar-refractivity contribution >= 4 is 10.0 Å². The molecule has 26 heavy (non-hydrogen) atoms. The van der Waals surface area contributed by atoms with Gasteiger partial charge in [0.2, 0.25) is 10.0 Å². The third kappa shape index (κ3) is 3.45. The number of aryl methyl sites for hydroxylation is 2. The molecule has 3 aromatic rings. The Morgan fingerprint density at radius 3 is 2.50 bits per heavy atom. The van der Waals surface area contributed by atoms with Crippen molar-refractivity contribution in [1.29, 1.82) is 0 Å². The Morgan fingerprint density at radius 2 is 1.85 bits per heavy atom. The number of benzene rings is 1. The van der Waals surface area contributed by atoms with Crippen LogP contribution >= 0.6 is 0 Å². The Hall–Kier alpha value is -2.38. The summed E-state index contributed by atoms with van der Waals surface area (Å²) in [6.45, 7) is 6.28. The predicted octanol–water partition coefficient (Wildman–Crippen LogP) is 3.27. The standard InChI is InChI=1S/C19H23N3O3S/c1-14-8-5-6-9-17(14)12-22-16(3)19(15(2)20-22)26(23,24)21(4)13-18-10-7-11-25-18/h5-11H,12-13H2,1-4H3. The van der Waals surface area contributed by atoms with Gasteiger partial charge in [-0.3, -0.25) is 4.68 Å². The summed E-state index contributed by atoms with van der Waals surface area (Å²) in [6, 6.07) is 11.5. The topological polar surface area (TPSA) is 68.3 Å². The average molecular weight is 373 g/mol. The van der Waals surface area contributed by atoms with E-state index in [2.05, 4.69) is 5.10 Å². The van der Waals surface area contributed by atoms with Crippen LogP contribution in [0.3, 0.4) is 0 Å². The summed E-state index contributed by atoms with van der Waals surface area (Å²) in [5, 5.41) is 4.48. The molecule has 6 nitrogen and oxygen atoms in total. The monoisotopic (exact) mass is 373 g/mol. The van der Waals surface area contributed by atoms with Crippen molar-refractivity contribution in [2.75, 3.05) is 7.05 Å². The van der Waals surface area contributed by atoms with E-state index in [9.17, 15) is 8.42 Å². The van der Waals surface area contributed by atoms with Gasteiger partial charge in [0.15, 0.2) is 0 Å². The third-order valence-electron chi connectivity index (χ3n) is 4.52. The lowest BCUT2D eigenvalue weighted by Gasteiger charge is -2.16. The van der Waals surface area contributed by atoms with E-state index in [1.165, 1.54) is 10.6 Å². The van der Waals surface area contributed by atoms with E-state index in [1.54, 1.807) is 37.7 Å². The van der Waals surface area contributed by atoms with Crippen LogP contribution in [0.4, 0.5) is 0 Å². The van der Waals surface area contributed by atoms with E-state index in [4.69, 9.17) is 4.42 Å². The minimum atomic E-state index is -3.67. The summed E-state index contributed by atoms with van der Waals surface area (Å²) >= 11 is 0. The number of hydrogen-bond donors (Lipinski definition) is 0. The van der Waals surface area contributed by atoms with Gasteiger partial charge in [0, 0.05) is 7.05 Å². The van der Waals surface area contributed by atoms with Gasteiger partial charge in [-0.05, 0) is 44.0 Å². The van der Waals surface area contributed by atoms with Gasteiger partial charge >= 0.3 is 0 Å². The number of furan rings is 1. The lowest BCUT2D eigenvalue weighted by Crippen LogP contribution is -2.27. The molecule has 0 spiro atoms. The Bertz CT molecular complexity index is 1000. The molecule has 0 aliphatic heterocycles. The summed E-state index contributed by atoms with van der Waals surface area (Å²) in [5.74, 6) is 0.596. The minimum Gasteiger partial charge on any atom is -0.468 e. The van der Waals surface area contributed by atoms with Gasteiger partial charge in [0.25, 0.3) is 0 Å². The maximum absolute atomic E-state index is 13.1. The highest BCUT2D eigenvalue weighted by atomic mass is 32.2. The number of sulfonamides is 1. The number of aromatic nitrogens is 2. The van der Waals surface area contributed by atoms with Gasteiger partial charge in [-0.2, -0.15) is 9.40 Å². The zero-order valence-electron chi connectivity index (χ0n) is 15.4. The molecule has 3 rings (SSSR count). The highest BCUT2D eigenvalue weighted by Gasteiger charge is 2.29. The van der Waals surface area contributed by atoms with Gasteiger partial charge in [-0.15, -0.1) is 0 Å². The van der Waals surface area contributed by atoms with E-state index in [0.717, 1.165) is 11.1 Å². The lowest BCUT2D eigenvalue weighted by molar-refractivity contribution is 0.406. The van der Waals surface area contributed by atoms with Gasteiger partial charge < -0.3 is 4.42 Å². The smallest absolute Gasteiger partial charge is 0.246 e. The zero-order chi connectivity index (χ0) is 18.9. The van der Waals surface area contributed by atoms with Crippen LogP contribution < -0.4 is 0 Å². The van der Waals surface area contributed by atoms with Crippen molar-refractivity contribution < 1.29 is 12.8 Å². The molecule has 2 heterocycles. The molecule has 0 atom stereocenters. The summed E-state index contributed by atoms with van der Waals surface area (Å²) in [5.41, 5.74) is 3.41. The Kier molecular flexibility index (Phi) is 5.02. The van der Waals surface area contributed by atoms with Gasteiger partial charge in [-0.25, -0.2) is 8.42 Å². The molecule has 138 valence electrons. The summed E-state index contributed by atoms with van der Waals surface area (Å²) < 4.78 is 34.4. The van der Waals surface area contributed by atoms with Gasteiger partial charge in [-0.1, -0.05) is 24.3 Å². The molecule has 0 N–H and O–H groups in total. The van der Waals surface area contributed by atoms with Crippen molar-refractivity contribution in [1.82, 2.24) is 14.1 Å². The van der Waals surface area contributed by atoms with E-state index in [1.807, 2.05) is 31.2 Å². The molecule has 0 radical (unpaired) electrons. The largest absolute Gasteiger partial charge is 0.468 e. The average Bonchev–Trinajstić information content (AvgIpc) is 3.18. The van der Waals surface area contributed by atoms with Crippen molar-refractivity contribution in [3.8, 4) is 0 Å². The van der Waals surface area contributed by atoms with Crippen molar-refractivity contribution in [2.24, 2.45) is 0 Å². The maximum Gasteiger partial charge on any atom is 0.246 e. The Labute approximate surface area is 154 Å². The van der Waals surface area contributed by atoms with Crippen LogP contribution in [0.15, 0.2) is 52.0 Å². The first-order chi connectivity index (χ1) is 12.3. The van der Waals surface area contributed by atoms with E-state index in [0.29, 0.717) is 23.7 Å². The van der Waals surface area contributed by atoms with Gasteiger partial charge in [0.1, 0.15) is 10.7 Å². The molecule has 0 amide bonds. The first kappa shape index (κ1) is 18.4. The fourth-order valence-electron chi connectivity index (χ4n) is 3.02. The molecule has 0 unspecified atom stereocenters. The molecule has 2 aromatic heterocycles. The second-order valence-corrected chi connectivity index (χ2v) is 8.41. The predicted molar refractivity (Wildman–Crippen MR) is 99.3 cm³/mol. The first-order valence-electron chi connectivity index (χ1n) is 8.38. The number of nitrogens with zero attached hydrogens (tertiary/aromatic N) is 3. The number of hydrogen-bond acceptors (Lipinski definition) is 4. The zero-order valence-corrected chi connectivity index (χ0v) is 16.2. The molecule has 7 heteroatoms. The van der Waals surface area contributed by atoms with Crippen LogP contribution in [-0.2, 0) is 23.1 Å². The molecule has 1 aromatic carbocycles. The normalized spacial score (nSPS) is 12.0. The second-order valence-electron chi connectivity index (χ2n) is 6.42. The summed E-state index contributed by atoms with van der Waals surface area (Å²) in [7, 11) is -2.12. The molecule has 0 fully saturated rings. The Balaban J connectivity index is 1.93. The minimum absolute atomic E-state index is 0.178. The number of rotatable bonds is 6. The highest BCUT2D eigenvalue weighted by molar-refractivity contribution is 7.89. The van der Waals surface area contributed by atoms with Crippen LogP contribution in [0.5, 0.6) is 0 Å². The van der Waals surface area contributed by atoms with E-state index >= 15 is 0 Å². The quantitative estimate of drug-likeness (QED) is 0.665. The summed E-state index contributed by atoms with van der Waals surface area (Å²) in [4.78, 5) is 0.264. The summed E-state index contributed by atoms with van der Waals surface area (Å²) in [6.07, 6.45) is 1.53. The van der Waals surface area contributed by atoms with Crippen LogP contribution in [0.1, 0.15) is 28.3 Å². The maximum atomic E-state index is 13.1.